The van der Waals surface area contributed by atoms with E-state index in [2.05, 4.69) is 10.2 Å². The highest BCUT2D eigenvalue weighted by atomic mass is 16.6. The van der Waals surface area contributed by atoms with Crippen molar-refractivity contribution >= 4 is 17.0 Å². The number of ether oxygens (including phenoxy) is 2. The number of carbonyl (C=O) groups excluding carboxylic acids is 1. The van der Waals surface area contributed by atoms with Crippen LogP contribution in [0, 0.1) is 0 Å². The van der Waals surface area contributed by atoms with E-state index in [9.17, 15) is 4.79 Å². The molecule has 0 saturated carbocycles. The first-order chi connectivity index (χ1) is 10.4. The van der Waals surface area contributed by atoms with E-state index in [1.165, 1.54) is 0 Å². The van der Waals surface area contributed by atoms with Gasteiger partial charge in [0.1, 0.15) is 11.4 Å². The van der Waals surface area contributed by atoms with Gasteiger partial charge in [0, 0.05) is 19.0 Å². The number of carbonyl (C=O) groups is 1. The van der Waals surface area contributed by atoms with Crippen LogP contribution in [0.5, 0.6) is 5.75 Å². The van der Waals surface area contributed by atoms with E-state index < -0.39 is 5.60 Å². The van der Waals surface area contributed by atoms with Crippen LogP contribution in [0.25, 0.3) is 10.9 Å². The van der Waals surface area contributed by atoms with Gasteiger partial charge >= 0.3 is 6.09 Å². The number of nitrogens with zero attached hydrogens (tertiary/aromatic N) is 2. The van der Waals surface area contributed by atoms with E-state index in [4.69, 9.17) is 9.47 Å². The van der Waals surface area contributed by atoms with Crippen LogP contribution in [0.1, 0.15) is 32.4 Å². The van der Waals surface area contributed by atoms with E-state index in [1.807, 2.05) is 39.0 Å². The second kappa shape index (κ2) is 5.19. The van der Waals surface area contributed by atoms with E-state index in [-0.39, 0.29) is 12.0 Å². The quantitative estimate of drug-likeness (QED) is 0.926. The second-order valence-corrected chi connectivity index (χ2v) is 6.57. The van der Waals surface area contributed by atoms with Crippen molar-refractivity contribution in [3.05, 3.63) is 23.9 Å². The summed E-state index contributed by atoms with van der Waals surface area (Å²) in [7, 11) is 1.65. The van der Waals surface area contributed by atoms with Gasteiger partial charge in [-0.25, -0.2) is 4.79 Å². The number of amides is 1. The zero-order valence-electron chi connectivity index (χ0n) is 13.3. The number of hydrogen-bond donors (Lipinski definition) is 1. The number of hydrogen-bond acceptors (Lipinski definition) is 4. The molecule has 0 unspecified atom stereocenters. The first kappa shape index (κ1) is 14.7. The number of fused-ring (bicyclic) bond motifs is 1. The van der Waals surface area contributed by atoms with Gasteiger partial charge in [-0.2, -0.15) is 5.10 Å². The topological polar surface area (TPSA) is 67.5 Å². The van der Waals surface area contributed by atoms with Crippen LogP contribution in [0.3, 0.4) is 0 Å². The van der Waals surface area contributed by atoms with Crippen molar-refractivity contribution in [3.8, 4) is 5.75 Å². The Bertz CT molecular complexity index is 696. The van der Waals surface area contributed by atoms with E-state index in [0.717, 1.165) is 22.3 Å². The van der Waals surface area contributed by atoms with E-state index in [0.29, 0.717) is 13.1 Å². The van der Waals surface area contributed by atoms with Gasteiger partial charge in [-0.3, -0.25) is 5.10 Å². The molecule has 1 aliphatic heterocycles. The molecule has 6 nitrogen and oxygen atoms in total. The smallest absolute Gasteiger partial charge is 0.410 e. The molecule has 2 heterocycles. The first-order valence-corrected chi connectivity index (χ1v) is 7.38. The summed E-state index contributed by atoms with van der Waals surface area (Å²) >= 11 is 0. The van der Waals surface area contributed by atoms with Gasteiger partial charge in [0.25, 0.3) is 0 Å². The van der Waals surface area contributed by atoms with E-state index >= 15 is 0 Å². The lowest BCUT2D eigenvalue weighted by molar-refractivity contribution is 0.00797. The zero-order chi connectivity index (χ0) is 15.9. The van der Waals surface area contributed by atoms with Crippen molar-refractivity contribution < 1.29 is 14.3 Å². The third-order valence-corrected chi connectivity index (χ3v) is 3.73. The van der Waals surface area contributed by atoms with Crippen LogP contribution in [0.2, 0.25) is 0 Å². The maximum atomic E-state index is 12.0. The Labute approximate surface area is 129 Å². The summed E-state index contributed by atoms with van der Waals surface area (Å²) in [6, 6.07) is 5.79. The lowest BCUT2D eigenvalue weighted by Gasteiger charge is -2.39. The Morgan fingerprint density at radius 3 is 2.73 bits per heavy atom. The predicted octanol–water partition coefficient (Wildman–Crippen LogP) is 2.91. The van der Waals surface area contributed by atoms with E-state index in [1.54, 1.807) is 12.0 Å². The summed E-state index contributed by atoms with van der Waals surface area (Å²) in [4.78, 5) is 13.7. The molecule has 0 bridgehead atoms. The SMILES string of the molecule is COc1cccc2n[nH]c(C3CN(C(=O)OC(C)(C)C)C3)c12. The summed E-state index contributed by atoms with van der Waals surface area (Å²) < 4.78 is 10.8. The van der Waals surface area contributed by atoms with Crippen LogP contribution < -0.4 is 4.74 Å². The molecular weight excluding hydrogens is 282 g/mol. The van der Waals surface area contributed by atoms with Crippen molar-refractivity contribution in [2.24, 2.45) is 0 Å². The normalized spacial score (nSPS) is 15.7. The van der Waals surface area contributed by atoms with Gasteiger partial charge in [0.15, 0.2) is 0 Å². The zero-order valence-corrected chi connectivity index (χ0v) is 13.3. The Morgan fingerprint density at radius 1 is 1.36 bits per heavy atom. The number of rotatable bonds is 2. The average Bonchev–Trinajstić information content (AvgIpc) is 2.79. The van der Waals surface area contributed by atoms with Crippen LogP contribution in [-0.2, 0) is 4.74 Å². The van der Waals surface area contributed by atoms with Gasteiger partial charge in [-0.15, -0.1) is 0 Å². The van der Waals surface area contributed by atoms with Crippen molar-refractivity contribution in [3.63, 3.8) is 0 Å². The molecule has 0 spiro atoms. The molecule has 0 atom stereocenters. The molecular formula is C16H21N3O3. The largest absolute Gasteiger partial charge is 0.496 e. The van der Waals surface area contributed by atoms with Gasteiger partial charge in [0.2, 0.25) is 0 Å². The molecule has 1 N–H and O–H groups in total. The summed E-state index contributed by atoms with van der Waals surface area (Å²) in [6.07, 6.45) is -0.264. The number of nitrogens with one attached hydrogen (secondary N) is 1. The maximum Gasteiger partial charge on any atom is 0.410 e. The fourth-order valence-corrected chi connectivity index (χ4v) is 2.66. The molecule has 0 radical (unpaired) electrons. The fourth-order valence-electron chi connectivity index (χ4n) is 2.66. The van der Waals surface area contributed by atoms with Crippen LogP contribution in [-0.4, -0.2) is 47.0 Å². The fraction of sp³-hybridized carbons (Fsp3) is 0.500. The molecule has 1 saturated heterocycles. The summed E-state index contributed by atoms with van der Waals surface area (Å²) in [5, 5.41) is 8.41. The highest BCUT2D eigenvalue weighted by Crippen LogP contribution is 2.35. The van der Waals surface area contributed by atoms with Crippen molar-refractivity contribution in [2.75, 3.05) is 20.2 Å². The van der Waals surface area contributed by atoms with Crippen LogP contribution in [0.4, 0.5) is 4.79 Å². The number of aromatic nitrogens is 2. The monoisotopic (exact) mass is 303 g/mol. The standard InChI is InChI=1S/C16H21N3O3/c1-16(2,3)22-15(20)19-8-10(9-19)14-13-11(17-18-14)6-5-7-12(13)21-4/h5-7,10H,8-9H2,1-4H3,(H,17,18). The Morgan fingerprint density at radius 2 is 2.09 bits per heavy atom. The van der Waals surface area contributed by atoms with Gasteiger partial charge in [-0.05, 0) is 32.9 Å². The minimum atomic E-state index is -0.466. The number of benzene rings is 1. The number of likely N-dealkylation sites (tertiary alicyclic amines) is 1. The Balaban J connectivity index is 1.75. The molecule has 1 amide bonds. The summed E-state index contributed by atoms with van der Waals surface area (Å²) in [5.41, 5.74) is 1.43. The average molecular weight is 303 g/mol. The molecule has 118 valence electrons. The molecule has 1 fully saturated rings. The second-order valence-electron chi connectivity index (χ2n) is 6.57. The number of aromatic amines is 1. The van der Waals surface area contributed by atoms with Gasteiger partial charge < -0.3 is 14.4 Å². The van der Waals surface area contributed by atoms with Crippen molar-refractivity contribution in [1.82, 2.24) is 15.1 Å². The maximum absolute atomic E-state index is 12.0. The molecule has 6 heteroatoms. The molecule has 1 aromatic carbocycles. The number of H-pyrrole nitrogens is 1. The molecule has 1 aromatic heterocycles. The molecule has 3 rings (SSSR count). The summed E-state index contributed by atoms with van der Waals surface area (Å²) in [6.45, 7) is 6.87. The predicted molar refractivity (Wildman–Crippen MR) is 83.2 cm³/mol. The third-order valence-electron chi connectivity index (χ3n) is 3.73. The number of methoxy groups -OCH3 is 1. The van der Waals surface area contributed by atoms with Gasteiger partial charge in [0.05, 0.1) is 23.7 Å². The molecule has 0 aliphatic carbocycles. The molecule has 1 aliphatic rings. The third kappa shape index (κ3) is 2.61. The lowest BCUT2D eigenvalue weighted by Crippen LogP contribution is -2.50. The molecule has 2 aromatic rings. The van der Waals surface area contributed by atoms with Gasteiger partial charge in [-0.1, -0.05) is 6.07 Å². The molecule has 22 heavy (non-hydrogen) atoms. The lowest BCUT2D eigenvalue weighted by atomic mass is 9.94. The minimum Gasteiger partial charge on any atom is -0.496 e. The van der Waals surface area contributed by atoms with Crippen LogP contribution in [0.15, 0.2) is 18.2 Å². The minimum absolute atomic E-state index is 0.230. The Hall–Kier alpha value is -2.24. The highest BCUT2D eigenvalue weighted by Gasteiger charge is 2.36. The van der Waals surface area contributed by atoms with Crippen molar-refractivity contribution in [1.29, 1.82) is 0 Å². The van der Waals surface area contributed by atoms with Crippen molar-refractivity contribution in [2.45, 2.75) is 32.3 Å². The van der Waals surface area contributed by atoms with Crippen LogP contribution >= 0.6 is 0 Å². The Kier molecular flexibility index (Phi) is 3.47. The first-order valence-electron chi connectivity index (χ1n) is 7.38. The summed E-state index contributed by atoms with van der Waals surface area (Å²) in [5.74, 6) is 1.03. The highest BCUT2D eigenvalue weighted by molar-refractivity contribution is 5.88.